The molecule has 4 heteroatoms. The molecule has 0 saturated carbocycles. The van der Waals surface area contributed by atoms with Crippen LogP contribution in [0.1, 0.15) is 48.6 Å². The summed E-state index contributed by atoms with van der Waals surface area (Å²) in [5.74, 6) is 0.679. The molecule has 1 saturated heterocycles. The summed E-state index contributed by atoms with van der Waals surface area (Å²) in [5.41, 5.74) is 4.87. The number of hydrogen-bond donors (Lipinski definition) is 1. The third kappa shape index (κ3) is 5.21. The van der Waals surface area contributed by atoms with Crippen LogP contribution in [-0.4, -0.2) is 29.4 Å². The lowest BCUT2D eigenvalue weighted by Crippen LogP contribution is -2.26. The lowest BCUT2D eigenvalue weighted by atomic mass is 10.00. The number of rotatable bonds is 7. The molecular weight excluding hydrogens is 326 g/mol. The van der Waals surface area contributed by atoms with E-state index in [1.165, 1.54) is 23.1 Å². The summed E-state index contributed by atoms with van der Waals surface area (Å²) < 4.78 is 11.5. The summed E-state index contributed by atoms with van der Waals surface area (Å²) in [7, 11) is 0. The molecule has 1 aliphatic heterocycles. The van der Waals surface area contributed by atoms with Crippen LogP contribution in [0, 0.1) is 6.92 Å². The van der Waals surface area contributed by atoms with Gasteiger partial charge in [-0.05, 0) is 62.1 Å². The van der Waals surface area contributed by atoms with E-state index in [0.29, 0.717) is 12.5 Å². The maximum Gasteiger partial charge on any atom is 0.217 e. The zero-order valence-electron chi connectivity index (χ0n) is 15.8. The number of nitrogens with zero attached hydrogens (tertiary/aromatic N) is 1. The van der Waals surface area contributed by atoms with Gasteiger partial charge in [0.15, 0.2) is 0 Å². The first-order chi connectivity index (χ1) is 12.6. The average Bonchev–Trinajstić information content (AvgIpc) is 2.65. The van der Waals surface area contributed by atoms with Gasteiger partial charge >= 0.3 is 0 Å². The van der Waals surface area contributed by atoms with Crippen LogP contribution in [-0.2, 0) is 24.0 Å². The molecule has 1 atom stereocenters. The molecule has 0 amide bonds. The van der Waals surface area contributed by atoms with Crippen molar-refractivity contribution in [1.82, 2.24) is 4.98 Å². The SMILES string of the molecule is CCc1ccc(CCc2cc(O)cc(OCC3CCCCO3)n2)cc1C. The average molecular weight is 355 g/mol. The highest BCUT2D eigenvalue weighted by atomic mass is 16.5. The molecule has 0 radical (unpaired) electrons. The van der Waals surface area contributed by atoms with E-state index in [0.717, 1.165) is 44.4 Å². The van der Waals surface area contributed by atoms with Crippen LogP contribution in [0.4, 0.5) is 0 Å². The number of ether oxygens (including phenoxy) is 2. The van der Waals surface area contributed by atoms with Crippen LogP contribution in [0.15, 0.2) is 30.3 Å². The van der Waals surface area contributed by atoms with Gasteiger partial charge in [-0.2, -0.15) is 0 Å². The Morgan fingerprint density at radius 2 is 2.08 bits per heavy atom. The predicted molar refractivity (Wildman–Crippen MR) is 103 cm³/mol. The molecule has 0 spiro atoms. The number of aromatic nitrogens is 1. The van der Waals surface area contributed by atoms with Crippen LogP contribution in [0.25, 0.3) is 0 Å². The van der Waals surface area contributed by atoms with Crippen molar-refractivity contribution in [3.63, 3.8) is 0 Å². The summed E-state index contributed by atoms with van der Waals surface area (Å²) in [6.45, 7) is 5.64. The second kappa shape index (κ2) is 9.04. The van der Waals surface area contributed by atoms with Crippen molar-refractivity contribution >= 4 is 0 Å². The number of hydrogen-bond acceptors (Lipinski definition) is 4. The molecule has 2 aromatic rings. The van der Waals surface area contributed by atoms with Crippen LogP contribution in [0.3, 0.4) is 0 Å². The fourth-order valence-corrected chi connectivity index (χ4v) is 3.45. The third-order valence-corrected chi connectivity index (χ3v) is 4.99. The van der Waals surface area contributed by atoms with Gasteiger partial charge in [0.05, 0.1) is 6.10 Å². The lowest BCUT2D eigenvalue weighted by Gasteiger charge is -2.22. The molecule has 2 heterocycles. The molecular formula is C22H29NO3. The highest BCUT2D eigenvalue weighted by Gasteiger charge is 2.15. The van der Waals surface area contributed by atoms with E-state index in [1.54, 1.807) is 12.1 Å². The Morgan fingerprint density at radius 3 is 2.81 bits per heavy atom. The maximum absolute atomic E-state index is 9.99. The Kier molecular flexibility index (Phi) is 6.51. The third-order valence-electron chi connectivity index (χ3n) is 4.99. The van der Waals surface area contributed by atoms with Crippen molar-refractivity contribution in [1.29, 1.82) is 0 Å². The quantitative estimate of drug-likeness (QED) is 0.800. The highest BCUT2D eigenvalue weighted by molar-refractivity contribution is 5.33. The second-order valence-corrected chi connectivity index (χ2v) is 7.07. The van der Waals surface area contributed by atoms with E-state index in [2.05, 4.69) is 37.0 Å². The van der Waals surface area contributed by atoms with E-state index >= 15 is 0 Å². The van der Waals surface area contributed by atoms with Gasteiger partial charge in [-0.15, -0.1) is 0 Å². The normalized spacial score (nSPS) is 17.2. The van der Waals surface area contributed by atoms with Gasteiger partial charge in [0, 0.05) is 24.4 Å². The van der Waals surface area contributed by atoms with Crippen LogP contribution in [0.2, 0.25) is 0 Å². The number of aryl methyl sites for hydroxylation is 4. The van der Waals surface area contributed by atoms with Crippen LogP contribution < -0.4 is 4.74 Å². The molecule has 3 rings (SSSR count). The van der Waals surface area contributed by atoms with E-state index in [1.807, 2.05) is 0 Å². The Hall–Kier alpha value is -2.07. The van der Waals surface area contributed by atoms with E-state index in [4.69, 9.17) is 9.47 Å². The van der Waals surface area contributed by atoms with Crippen molar-refractivity contribution in [3.8, 4) is 11.6 Å². The predicted octanol–water partition coefficient (Wildman–Crippen LogP) is 4.39. The van der Waals surface area contributed by atoms with Crippen molar-refractivity contribution < 1.29 is 14.6 Å². The standard InChI is InChI=1S/C22H29NO3/c1-3-18-9-7-17(12-16(18)2)8-10-19-13-20(24)14-22(23-19)26-15-21-6-4-5-11-25-21/h7,9,12-14,21H,3-6,8,10-11,15H2,1-2H3,(H,23,24). The maximum atomic E-state index is 9.99. The molecule has 4 nitrogen and oxygen atoms in total. The Balaban J connectivity index is 1.59. The molecule has 1 fully saturated rings. The Bertz CT molecular complexity index is 723. The molecule has 1 unspecified atom stereocenters. The minimum atomic E-state index is 0.136. The fourth-order valence-electron chi connectivity index (χ4n) is 3.45. The van der Waals surface area contributed by atoms with Crippen LogP contribution in [0.5, 0.6) is 11.6 Å². The van der Waals surface area contributed by atoms with Gasteiger partial charge in [-0.3, -0.25) is 0 Å². The molecule has 0 aliphatic carbocycles. The van der Waals surface area contributed by atoms with Gasteiger partial charge in [-0.1, -0.05) is 25.1 Å². The zero-order valence-corrected chi connectivity index (χ0v) is 15.8. The van der Waals surface area contributed by atoms with Gasteiger partial charge in [0.2, 0.25) is 5.88 Å². The van der Waals surface area contributed by atoms with E-state index < -0.39 is 0 Å². The van der Waals surface area contributed by atoms with Crippen molar-refractivity contribution in [3.05, 3.63) is 52.7 Å². The van der Waals surface area contributed by atoms with E-state index in [-0.39, 0.29) is 11.9 Å². The summed E-state index contributed by atoms with van der Waals surface area (Å²) in [4.78, 5) is 4.55. The van der Waals surface area contributed by atoms with Crippen molar-refractivity contribution in [2.75, 3.05) is 13.2 Å². The summed E-state index contributed by atoms with van der Waals surface area (Å²) in [6, 6.07) is 9.94. The van der Waals surface area contributed by atoms with E-state index in [9.17, 15) is 5.11 Å². The monoisotopic (exact) mass is 355 g/mol. The van der Waals surface area contributed by atoms with Crippen LogP contribution >= 0.6 is 0 Å². The molecule has 1 aromatic carbocycles. The molecule has 1 N–H and O–H groups in total. The number of aromatic hydroxyl groups is 1. The van der Waals surface area contributed by atoms with Crippen molar-refractivity contribution in [2.45, 2.75) is 58.5 Å². The smallest absolute Gasteiger partial charge is 0.217 e. The first-order valence-corrected chi connectivity index (χ1v) is 9.66. The summed E-state index contributed by atoms with van der Waals surface area (Å²) in [5, 5.41) is 9.99. The van der Waals surface area contributed by atoms with Gasteiger partial charge < -0.3 is 14.6 Å². The summed E-state index contributed by atoms with van der Waals surface area (Å²) in [6.07, 6.45) is 6.20. The van der Waals surface area contributed by atoms with Gasteiger partial charge in [0.25, 0.3) is 0 Å². The fraction of sp³-hybridized carbons (Fsp3) is 0.500. The molecule has 0 bridgehead atoms. The topological polar surface area (TPSA) is 51.6 Å². The van der Waals surface area contributed by atoms with Gasteiger partial charge in [0.1, 0.15) is 12.4 Å². The molecule has 26 heavy (non-hydrogen) atoms. The van der Waals surface area contributed by atoms with Gasteiger partial charge in [-0.25, -0.2) is 4.98 Å². The first kappa shape index (κ1) is 18.7. The first-order valence-electron chi connectivity index (χ1n) is 9.66. The minimum Gasteiger partial charge on any atom is -0.508 e. The largest absolute Gasteiger partial charge is 0.508 e. The Morgan fingerprint density at radius 1 is 1.19 bits per heavy atom. The van der Waals surface area contributed by atoms with Crippen molar-refractivity contribution in [2.24, 2.45) is 0 Å². The second-order valence-electron chi connectivity index (χ2n) is 7.07. The summed E-state index contributed by atoms with van der Waals surface area (Å²) >= 11 is 0. The molecule has 1 aromatic heterocycles. The molecule has 140 valence electrons. The Labute approximate surface area is 156 Å². The minimum absolute atomic E-state index is 0.136. The number of benzene rings is 1. The molecule has 1 aliphatic rings. The highest BCUT2D eigenvalue weighted by Crippen LogP contribution is 2.21. The zero-order chi connectivity index (χ0) is 18.4. The lowest BCUT2D eigenvalue weighted by molar-refractivity contribution is -0.0120. The number of pyridine rings is 1.